The van der Waals surface area contributed by atoms with Crippen LogP contribution in [-0.4, -0.2) is 8.42 Å². The minimum atomic E-state index is -3.69. The lowest BCUT2D eigenvalue weighted by Gasteiger charge is -2.07. The fraction of sp³-hybridized carbons (Fsp3) is 0. The first-order valence-corrected chi connectivity index (χ1v) is 7.25. The lowest BCUT2D eigenvalue weighted by atomic mass is 10.2. The quantitative estimate of drug-likeness (QED) is 0.898. The Hall–Kier alpha value is -2.04. The number of benzene rings is 1. The van der Waals surface area contributed by atoms with Crippen molar-refractivity contribution in [2.45, 2.75) is 4.21 Å². The van der Waals surface area contributed by atoms with Crippen molar-refractivity contribution >= 4 is 32.7 Å². The molecule has 0 aliphatic heterocycles. The van der Waals surface area contributed by atoms with Gasteiger partial charge in [0.25, 0.3) is 10.0 Å². The van der Waals surface area contributed by atoms with Gasteiger partial charge in [-0.25, -0.2) is 8.42 Å². The summed E-state index contributed by atoms with van der Waals surface area (Å²) < 4.78 is 26.5. The third kappa shape index (κ3) is 2.45. The molecule has 0 saturated heterocycles. The molecule has 0 spiro atoms. The van der Waals surface area contributed by atoms with Gasteiger partial charge in [-0.15, -0.1) is 11.3 Å². The van der Waals surface area contributed by atoms with Crippen molar-refractivity contribution in [2.75, 3.05) is 10.5 Å². The van der Waals surface area contributed by atoms with Crippen LogP contribution < -0.4 is 10.5 Å². The Morgan fingerprint density at radius 2 is 2.06 bits per heavy atom. The Balaban J connectivity index is 2.37. The van der Waals surface area contributed by atoms with E-state index in [1.165, 1.54) is 12.1 Å². The van der Waals surface area contributed by atoms with Gasteiger partial charge in [0.05, 0.1) is 11.3 Å². The van der Waals surface area contributed by atoms with Crippen LogP contribution in [0, 0.1) is 11.3 Å². The van der Waals surface area contributed by atoms with Crippen molar-refractivity contribution in [1.29, 1.82) is 5.26 Å². The minimum Gasteiger partial charge on any atom is -0.398 e. The van der Waals surface area contributed by atoms with E-state index >= 15 is 0 Å². The average Bonchev–Trinajstić information content (AvgIpc) is 2.77. The molecule has 7 heteroatoms. The largest absolute Gasteiger partial charge is 0.398 e. The fourth-order valence-corrected chi connectivity index (χ4v) is 3.50. The van der Waals surface area contributed by atoms with E-state index in [-0.39, 0.29) is 15.5 Å². The molecule has 5 nitrogen and oxygen atoms in total. The normalized spacial score (nSPS) is 10.8. The number of nitriles is 1. The molecule has 1 aromatic heterocycles. The van der Waals surface area contributed by atoms with E-state index in [1.54, 1.807) is 23.6 Å². The van der Waals surface area contributed by atoms with Crippen molar-refractivity contribution in [1.82, 2.24) is 0 Å². The topological polar surface area (TPSA) is 96.0 Å². The van der Waals surface area contributed by atoms with E-state index in [9.17, 15) is 8.42 Å². The van der Waals surface area contributed by atoms with Crippen molar-refractivity contribution in [3.63, 3.8) is 0 Å². The highest BCUT2D eigenvalue weighted by atomic mass is 32.2. The van der Waals surface area contributed by atoms with Crippen molar-refractivity contribution in [2.24, 2.45) is 0 Å². The zero-order valence-electron chi connectivity index (χ0n) is 9.12. The predicted molar refractivity (Wildman–Crippen MR) is 70.7 cm³/mol. The van der Waals surface area contributed by atoms with Crippen LogP contribution in [0.15, 0.2) is 39.9 Å². The Kier molecular flexibility index (Phi) is 3.23. The number of nitrogen functional groups attached to an aromatic ring is 1. The summed E-state index contributed by atoms with van der Waals surface area (Å²) in [5.41, 5.74) is 6.41. The average molecular weight is 279 g/mol. The molecule has 0 unspecified atom stereocenters. The first-order chi connectivity index (χ1) is 8.53. The Bertz CT molecular complexity index is 714. The smallest absolute Gasteiger partial charge is 0.271 e. The van der Waals surface area contributed by atoms with Crippen molar-refractivity contribution in [3.05, 3.63) is 41.3 Å². The lowest BCUT2D eigenvalue weighted by molar-refractivity contribution is 0.603. The van der Waals surface area contributed by atoms with E-state index in [1.807, 2.05) is 6.07 Å². The summed E-state index contributed by atoms with van der Waals surface area (Å²) in [6.07, 6.45) is 0. The molecule has 0 radical (unpaired) electrons. The third-order valence-electron chi connectivity index (χ3n) is 2.15. The molecule has 1 heterocycles. The summed E-state index contributed by atoms with van der Waals surface area (Å²) in [6.45, 7) is 0. The second-order valence-corrected chi connectivity index (χ2v) is 6.28. The predicted octanol–water partition coefficient (Wildman–Crippen LogP) is 2.00. The minimum absolute atomic E-state index is 0.118. The van der Waals surface area contributed by atoms with Crippen LogP contribution >= 0.6 is 11.3 Å². The maximum Gasteiger partial charge on any atom is 0.271 e. The summed E-state index contributed by atoms with van der Waals surface area (Å²) in [5.74, 6) is 0. The first kappa shape index (κ1) is 12.4. The van der Waals surface area contributed by atoms with Crippen LogP contribution in [0.25, 0.3) is 0 Å². The zero-order valence-corrected chi connectivity index (χ0v) is 10.8. The second kappa shape index (κ2) is 4.68. The molecule has 0 aliphatic rings. The zero-order chi connectivity index (χ0) is 13.2. The number of hydrogen-bond acceptors (Lipinski definition) is 5. The fourth-order valence-electron chi connectivity index (χ4n) is 1.34. The van der Waals surface area contributed by atoms with Crippen LogP contribution in [0.3, 0.4) is 0 Å². The summed E-state index contributed by atoms with van der Waals surface area (Å²) in [7, 11) is -3.69. The number of nitrogens with two attached hydrogens (primary N) is 1. The number of anilines is 2. The maximum absolute atomic E-state index is 12.0. The monoisotopic (exact) mass is 279 g/mol. The highest BCUT2D eigenvalue weighted by Gasteiger charge is 2.17. The molecule has 18 heavy (non-hydrogen) atoms. The SMILES string of the molecule is N#Cc1ccccc1NS(=O)(=O)c1cc(N)cs1. The van der Waals surface area contributed by atoms with Gasteiger partial charge < -0.3 is 5.73 Å². The van der Waals surface area contributed by atoms with Gasteiger partial charge in [-0.2, -0.15) is 5.26 Å². The van der Waals surface area contributed by atoms with E-state index in [2.05, 4.69) is 4.72 Å². The number of sulfonamides is 1. The summed E-state index contributed by atoms with van der Waals surface area (Å²) in [6, 6.07) is 9.70. The van der Waals surface area contributed by atoms with Gasteiger partial charge in [0.1, 0.15) is 10.3 Å². The molecule has 0 aliphatic carbocycles. The van der Waals surface area contributed by atoms with E-state index in [0.29, 0.717) is 5.69 Å². The summed E-state index contributed by atoms with van der Waals surface area (Å²) >= 11 is 1.03. The lowest BCUT2D eigenvalue weighted by Crippen LogP contribution is -2.12. The van der Waals surface area contributed by atoms with Crippen molar-refractivity contribution in [3.8, 4) is 6.07 Å². The molecular formula is C11H9N3O2S2. The Morgan fingerprint density at radius 1 is 1.33 bits per heavy atom. The highest BCUT2D eigenvalue weighted by Crippen LogP contribution is 2.25. The molecule has 2 aromatic rings. The molecule has 0 bridgehead atoms. The molecule has 0 amide bonds. The number of nitrogens with one attached hydrogen (secondary N) is 1. The van der Waals surface area contributed by atoms with Crippen LogP contribution in [0.2, 0.25) is 0 Å². The van der Waals surface area contributed by atoms with Crippen LogP contribution in [-0.2, 0) is 10.0 Å². The van der Waals surface area contributed by atoms with Crippen molar-refractivity contribution < 1.29 is 8.42 Å². The third-order valence-corrected chi connectivity index (χ3v) is 4.98. The summed E-state index contributed by atoms with van der Waals surface area (Å²) in [5, 5.41) is 10.4. The van der Waals surface area contributed by atoms with Gasteiger partial charge in [0.2, 0.25) is 0 Å². The van der Waals surface area contributed by atoms with Crippen LogP contribution in [0.1, 0.15) is 5.56 Å². The molecule has 1 aromatic carbocycles. The van der Waals surface area contributed by atoms with Gasteiger partial charge in [-0.3, -0.25) is 4.72 Å². The number of hydrogen-bond donors (Lipinski definition) is 2. The molecule has 2 rings (SSSR count). The second-order valence-electron chi connectivity index (χ2n) is 3.46. The Morgan fingerprint density at radius 3 is 2.67 bits per heavy atom. The summed E-state index contributed by atoms with van der Waals surface area (Å²) in [4.78, 5) is 0. The number of nitrogens with zero attached hydrogens (tertiary/aromatic N) is 1. The van der Waals surface area contributed by atoms with E-state index < -0.39 is 10.0 Å². The van der Waals surface area contributed by atoms with Crippen LogP contribution in [0.5, 0.6) is 0 Å². The van der Waals surface area contributed by atoms with Gasteiger partial charge in [0, 0.05) is 11.1 Å². The van der Waals surface area contributed by atoms with E-state index in [4.69, 9.17) is 11.0 Å². The van der Waals surface area contributed by atoms with Gasteiger partial charge in [-0.05, 0) is 18.2 Å². The molecule has 0 atom stereocenters. The molecule has 92 valence electrons. The molecule has 0 saturated carbocycles. The van der Waals surface area contributed by atoms with Gasteiger partial charge in [0.15, 0.2) is 0 Å². The van der Waals surface area contributed by atoms with Gasteiger partial charge >= 0.3 is 0 Å². The number of rotatable bonds is 3. The van der Waals surface area contributed by atoms with Crippen LogP contribution in [0.4, 0.5) is 11.4 Å². The number of para-hydroxylation sites is 1. The highest BCUT2D eigenvalue weighted by molar-refractivity contribution is 7.94. The molecular weight excluding hydrogens is 270 g/mol. The molecule has 0 fully saturated rings. The maximum atomic E-state index is 12.0. The molecule has 3 N–H and O–H groups in total. The first-order valence-electron chi connectivity index (χ1n) is 4.89. The number of thiophene rings is 1. The van der Waals surface area contributed by atoms with E-state index in [0.717, 1.165) is 11.3 Å². The van der Waals surface area contributed by atoms with Gasteiger partial charge in [-0.1, -0.05) is 12.1 Å². The Labute approximate surface area is 109 Å². The standard InChI is InChI=1S/C11H9N3O2S2/c12-6-8-3-1-2-4-10(8)14-18(15,16)11-5-9(13)7-17-11/h1-5,7,14H,13H2.